The number of Topliss-reactive ketones (excluding diaryl/α,β-unsaturated/α-hetero) is 1. The first-order chi connectivity index (χ1) is 6.31. The maximum absolute atomic E-state index is 11.2. The third-order valence-corrected chi connectivity index (χ3v) is 1.92. The van der Waals surface area contributed by atoms with Gasteiger partial charge in [0.2, 0.25) is 0 Å². The average molecular weight is 180 g/mol. The van der Waals surface area contributed by atoms with E-state index in [1.807, 2.05) is 12.2 Å². The topological polar surface area (TPSA) is 17.1 Å². The molecule has 0 saturated carbocycles. The molecule has 13 heavy (non-hydrogen) atoms. The summed E-state index contributed by atoms with van der Waals surface area (Å²) in [5.41, 5.74) is 0. The van der Waals surface area contributed by atoms with Gasteiger partial charge in [-0.2, -0.15) is 0 Å². The van der Waals surface area contributed by atoms with Gasteiger partial charge in [-0.05, 0) is 12.8 Å². The van der Waals surface area contributed by atoms with E-state index in [0.29, 0.717) is 12.2 Å². The van der Waals surface area contributed by atoms with E-state index in [0.717, 1.165) is 19.3 Å². The highest BCUT2D eigenvalue weighted by Gasteiger charge is 1.98. The fourth-order valence-corrected chi connectivity index (χ4v) is 1.13. The molecule has 0 atom stereocenters. The van der Waals surface area contributed by atoms with Gasteiger partial charge in [0.25, 0.3) is 0 Å². The van der Waals surface area contributed by atoms with Crippen LogP contribution in [0.5, 0.6) is 0 Å². The molecule has 0 fully saturated rings. The summed E-state index contributed by atoms with van der Waals surface area (Å²) in [6.45, 7) is 5.72. The molecule has 0 aliphatic heterocycles. The van der Waals surface area contributed by atoms with Crippen molar-refractivity contribution in [3.8, 4) is 0 Å². The maximum Gasteiger partial charge on any atom is 0.133 e. The lowest BCUT2D eigenvalue weighted by Gasteiger charge is -1.96. The molecule has 74 valence electrons. The van der Waals surface area contributed by atoms with Crippen LogP contribution in [0, 0.1) is 0 Å². The van der Waals surface area contributed by atoms with Crippen LogP contribution in [0.15, 0.2) is 24.8 Å². The number of hydrogen-bond donors (Lipinski definition) is 0. The fraction of sp³-hybridized carbons (Fsp3) is 0.583. The molecular formula is C12H20O. The maximum atomic E-state index is 11.2. The molecule has 0 heterocycles. The Balaban J connectivity index is 3.29. The van der Waals surface area contributed by atoms with E-state index in [1.165, 1.54) is 12.8 Å². The van der Waals surface area contributed by atoms with Gasteiger partial charge >= 0.3 is 0 Å². The third kappa shape index (κ3) is 9.06. The largest absolute Gasteiger partial charge is 0.300 e. The van der Waals surface area contributed by atoms with Crippen LogP contribution in [0.3, 0.4) is 0 Å². The second-order valence-corrected chi connectivity index (χ2v) is 3.20. The Hall–Kier alpha value is -0.850. The zero-order chi connectivity index (χ0) is 9.94. The lowest BCUT2D eigenvalue weighted by molar-refractivity contribution is -0.119. The number of carbonyl (C=O) groups is 1. The molecule has 0 amide bonds. The van der Waals surface area contributed by atoms with Crippen molar-refractivity contribution in [1.29, 1.82) is 0 Å². The zero-order valence-corrected chi connectivity index (χ0v) is 8.59. The van der Waals surface area contributed by atoms with Gasteiger partial charge in [0.05, 0.1) is 0 Å². The predicted octanol–water partition coefficient (Wildman–Crippen LogP) is 3.66. The molecule has 0 bridgehead atoms. The standard InChI is InChI=1S/C12H20O/c1-3-5-7-9-11-12(13)10-8-6-4-2/h3,5,7H,1,4,6,8-11H2,2H3/b7-5+. The van der Waals surface area contributed by atoms with E-state index >= 15 is 0 Å². The molecule has 0 rings (SSSR count). The summed E-state index contributed by atoms with van der Waals surface area (Å²) in [5.74, 6) is 0.391. The molecule has 0 radical (unpaired) electrons. The Bertz CT molecular complexity index is 168. The van der Waals surface area contributed by atoms with E-state index in [1.54, 1.807) is 6.08 Å². The Morgan fingerprint density at radius 3 is 2.69 bits per heavy atom. The van der Waals surface area contributed by atoms with Crippen molar-refractivity contribution in [2.24, 2.45) is 0 Å². The molecule has 0 aromatic carbocycles. The summed E-state index contributed by atoms with van der Waals surface area (Å²) in [5, 5.41) is 0. The van der Waals surface area contributed by atoms with Crippen molar-refractivity contribution in [1.82, 2.24) is 0 Å². The van der Waals surface area contributed by atoms with Gasteiger partial charge in [-0.1, -0.05) is 44.6 Å². The Labute approximate surface area is 81.5 Å². The van der Waals surface area contributed by atoms with Crippen molar-refractivity contribution in [3.05, 3.63) is 24.8 Å². The van der Waals surface area contributed by atoms with Gasteiger partial charge in [-0.15, -0.1) is 0 Å². The molecule has 0 saturated heterocycles. The minimum absolute atomic E-state index is 0.391. The summed E-state index contributed by atoms with van der Waals surface area (Å²) < 4.78 is 0. The van der Waals surface area contributed by atoms with Gasteiger partial charge in [0.15, 0.2) is 0 Å². The average Bonchev–Trinajstić information content (AvgIpc) is 2.13. The quantitative estimate of drug-likeness (QED) is 0.411. The van der Waals surface area contributed by atoms with E-state index < -0.39 is 0 Å². The highest BCUT2D eigenvalue weighted by molar-refractivity contribution is 5.78. The van der Waals surface area contributed by atoms with Crippen molar-refractivity contribution in [2.75, 3.05) is 0 Å². The van der Waals surface area contributed by atoms with Gasteiger partial charge in [0.1, 0.15) is 5.78 Å². The third-order valence-electron chi connectivity index (χ3n) is 1.92. The van der Waals surface area contributed by atoms with Crippen LogP contribution in [0.1, 0.15) is 45.4 Å². The Kier molecular flexibility index (Phi) is 8.64. The van der Waals surface area contributed by atoms with E-state index in [-0.39, 0.29) is 0 Å². The SMILES string of the molecule is C=C/C=C/CCC(=O)CCCCC. The zero-order valence-electron chi connectivity index (χ0n) is 8.59. The number of ketones is 1. The Morgan fingerprint density at radius 2 is 2.08 bits per heavy atom. The molecule has 0 aromatic heterocycles. The van der Waals surface area contributed by atoms with E-state index in [9.17, 15) is 4.79 Å². The van der Waals surface area contributed by atoms with Crippen LogP contribution in [0.25, 0.3) is 0 Å². The van der Waals surface area contributed by atoms with Crippen LogP contribution >= 0.6 is 0 Å². The highest BCUT2D eigenvalue weighted by Crippen LogP contribution is 2.03. The molecule has 1 heteroatoms. The van der Waals surface area contributed by atoms with Crippen LogP contribution in [-0.4, -0.2) is 5.78 Å². The van der Waals surface area contributed by atoms with Crippen molar-refractivity contribution < 1.29 is 4.79 Å². The molecule has 1 nitrogen and oxygen atoms in total. The van der Waals surface area contributed by atoms with Gasteiger partial charge in [-0.3, -0.25) is 4.79 Å². The molecule has 0 aromatic rings. The lowest BCUT2D eigenvalue weighted by atomic mass is 10.1. The summed E-state index contributed by atoms with van der Waals surface area (Å²) in [4.78, 5) is 11.2. The van der Waals surface area contributed by atoms with Crippen LogP contribution in [0.2, 0.25) is 0 Å². The van der Waals surface area contributed by atoms with Crippen LogP contribution in [0.4, 0.5) is 0 Å². The van der Waals surface area contributed by atoms with Crippen molar-refractivity contribution in [2.45, 2.75) is 45.4 Å². The molecular weight excluding hydrogens is 160 g/mol. The second-order valence-electron chi connectivity index (χ2n) is 3.20. The molecule has 0 aliphatic carbocycles. The normalized spacial score (nSPS) is 10.5. The first kappa shape index (κ1) is 12.2. The fourth-order valence-electron chi connectivity index (χ4n) is 1.13. The predicted molar refractivity (Wildman–Crippen MR) is 57.7 cm³/mol. The Morgan fingerprint density at radius 1 is 1.31 bits per heavy atom. The minimum Gasteiger partial charge on any atom is -0.300 e. The first-order valence-electron chi connectivity index (χ1n) is 5.10. The molecule has 0 aliphatic rings. The molecule has 0 N–H and O–H groups in total. The smallest absolute Gasteiger partial charge is 0.133 e. The molecule has 0 unspecified atom stereocenters. The molecule has 0 spiro atoms. The summed E-state index contributed by atoms with van der Waals surface area (Å²) in [6.07, 6.45) is 11.3. The summed E-state index contributed by atoms with van der Waals surface area (Å²) >= 11 is 0. The number of carbonyl (C=O) groups excluding carboxylic acids is 1. The summed E-state index contributed by atoms with van der Waals surface area (Å²) in [6, 6.07) is 0. The number of rotatable bonds is 8. The van der Waals surface area contributed by atoms with Crippen molar-refractivity contribution in [3.63, 3.8) is 0 Å². The minimum atomic E-state index is 0.391. The lowest BCUT2D eigenvalue weighted by Crippen LogP contribution is -1.96. The number of allylic oxidation sites excluding steroid dienone is 3. The van der Waals surface area contributed by atoms with Gasteiger partial charge < -0.3 is 0 Å². The number of hydrogen-bond acceptors (Lipinski definition) is 1. The summed E-state index contributed by atoms with van der Waals surface area (Å²) in [7, 11) is 0. The van der Waals surface area contributed by atoms with Crippen LogP contribution < -0.4 is 0 Å². The highest BCUT2D eigenvalue weighted by atomic mass is 16.1. The first-order valence-corrected chi connectivity index (χ1v) is 5.10. The van der Waals surface area contributed by atoms with E-state index in [4.69, 9.17) is 0 Å². The van der Waals surface area contributed by atoms with Gasteiger partial charge in [0, 0.05) is 12.8 Å². The van der Waals surface area contributed by atoms with Crippen molar-refractivity contribution >= 4 is 5.78 Å². The monoisotopic (exact) mass is 180 g/mol. The van der Waals surface area contributed by atoms with Gasteiger partial charge in [-0.25, -0.2) is 0 Å². The van der Waals surface area contributed by atoms with E-state index in [2.05, 4.69) is 13.5 Å². The second kappa shape index (κ2) is 9.24. The van der Waals surface area contributed by atoms with Crippen LogP contribution in [-0.2, 0) is 4.79 Å². The number of unbranched alkanes of at least 4 members (excludes halogenated alkanes) is 2.